The second-order valence-electron chi connectivity index (χ2n) is 5.45. The highest BCUT2D eigenvalue weighted by Gasteiger charge is 2.28. The lowest BCUT2D eigenvalue weighted by atomic mass is 10.1. The number of nitrogens with one attached hydrogen (secondary N) is 1. The van der Waals surface area contributed by atoms with E-state index in [1.807, 2.05) is 30.3 Å². The predicted octanol–water partition coefficient (Wildman–Crippen LogP) is 5.71. The molecule has 0 saturated heterocycles. The SMILES string of the molecule is Cc1c(CSc2cc3ccccc3[nH]2)cccc1OCC(F)(F)F. The minimum Gasteiger partial charge on any atom is -0.484 e. The third-order valence-electron chi connectivity index (χ3n) is 3.68. The lowest BCUT2D eigenvalue weighted by molar-refractivity contribution is -0.153. The summed E-state index contributed by atoms with van der Waals surface area (Å²) in [6, 6.07) is 15.3. The van der Waals surface area contributed by atoms with Crippen LogP contribution >= 0.6 is 11.8 Å². The van der Waals surface area contributed by atoms with E-state index in [1.54, 1.807) is 30.8 Å². The van der Waals surface area contributed by atoms with Crippen LogP contribution in [0, 0.1) is 6.92 Å². The van der Waals surface area contributed by atoms with Gasteiger partial charge in [-0.25, -0.2) is 0 Å². The number of ether oxygens (including phenoxy) is 1. The van der Waals surface area contributed by atoms with Crippen LogP contribution in [0.4, 0.5) is 13.2 Å². The molecule has 6 heteroatoms. The number of fused-ring (bicyclic) bond motifs is 1. The number of thioether (sulfide) groups is 1. The fourth-order valence-corrected chi connectivity index (χ4v) is 3.43. The maximum atomic E-state index is 12.3. The Bertz CT molecular complexity index is 809. The number of H-pyrrole nitrogens is 1. The fraction of sp³-hybridized carbons (Fsp3) is 0.222. The molecule has 0 atom stereocenters. The summed E-state index contributed by atoms with van der Waals surface area (Å²) >= 11 is 1.61. The molecular weight excluding hydrogens is 335 g/mol. The van der Waals surface area contributed by atoms with Crippen molar-refractivity contribution in [3.63, 3.8) is 0 Å². The average molecular weight is 351 g/mol. The normalized spacial score (nSPS) is 11.8. The number of halogens is 3. The van der Waals surface area contributed by atoms with Crippen molar-refractivity contribution in [3.05, 3.63) is 59.7 Å². The standard InChI is InChI=1S/C18H16F3NOS/c1-12-14(6-4-8-16(12)23-11-18(19,20)21)10-24-17-9-13-5-2-3-7-15(13)22-17/h2-9,22H,10-11H2,1H3. The van der Waals surface area contributed by atoms with Gasteiger partial charge in [0.25, 0.3) is 0 Å². The van der Waals surface area contributed by atoms with Gasteiger partial charge in [0.2, 0.25) is 0 Å². The smallest absolute Gasteiger partial charge is 0.422 e. The van der Waals surface area contributed by atoms with E-state index in [9.17, 15) is 13.2 Å². The van der Waals surface area contributed by atoms with Gasteiger partial charge in [-0.3, -0.25) is 0 Å². The number of para-hydroxylation sites is 1. The lowest BCUT2D eigenvalue weighted by Crippen LogP contribution is -2.19. The minimum absolute atomic E-state index is 0.280. The Labute approximate surface area is 142 Å². The van der Waals surface area contributed by atoms with Crippen LogP contribution in [0.3, 0.4) is 0 Å². The van der Waals surface area contributed by atoms with Crippen LogP contribution in [0.1, 0.15) is 11.1 Å². The van der Waals surface area contributed by atoms with Crippen molar-refractivity contribution < 1.29 is 17.9 Å². The van der Waals surface area contributed by atoms with Gasteiger partial charge in [0.1, 0.15) is 5.75 Å². The van der Waals surface area contributed by atoms with E-state index in [1.165, 1.54) is 0 Å². The summed E-state index contributed by atoms with van der Waals surface area (Å²) in [7, 11) is 0. The number of aromatic amines is 1. The minimum atomic E-state index is -4.33. The second-order valence-corrected chi connectivity index (χ2v) is 6.47. The number of aromatic nitrogens is 1. The van der Waals surface area contributed by atoms with E-state index < -0.39 is 12.8 Å². The molecule has 0 unspecified atom stereocenters. The van der Waals surface area contributed by atoms with E-state index in [4.69, 9.17) is 4.74 Å². The molecular formula is C18H16F3NOS. The molecule has 0 aliphatic rings. The van der Waals surface area contributed by atoms with Crippen molar-refractivity contribution in [1.29, 1.82) is 0 Å². The Morgan fingerprint density at radius 2 is 1.88 bits per heavy atom. The first-order chi connectivity index (χ1) is 11.4. The van der Waals surface area contributed by atoms with E-state index >= 15 is 0 Å². The van der Waals surface area contributed by atoms with Crippen molar-refractivity contribution in [2.45, 2.75) is 23.9 Å². The van der Waals surface area contributed by atoms with Gasteiger partial charge in [-0.1, -0.05) is 30.3 Å². The molecule has 0 fully saturated rings. The fourth-order valence-electron chi connectivity index (χ4n) is 2.41. The van der Waals surface area contributed by atoms with Crippen molar-refractivity contribution in [2.24, 2.45) is 0 Å². The number of rotatable bonds is 5. The van der Waals surface area contributed by atoms with Crippen molar-refractivity contribution >= 4 is 22.7 Å². The van der Waals surface area contributed by atoms with Gasteiger partial charge >= 0.3 is 6.18 Å². The molecule has 1 N–H and O–H groups in total. The van der Waals surface area contributed by atoms with Gasteiger partial charge in [-0.05, 0) is 36.2 Å². The molecule has 3 aromatic rings. The van der Waals surface area contributed by atoms with E-state index in [0.29, 0.717) is 5.75 Å². The number of hydrogen-bond donors (Lipinski definition) is 1. The summed E-state index contributed by atoms with van der Waals surface area (Å²) in [5.41, 5.74) is 2.77. The number of hydrogen-bond acceptors (Lipinski definition) is 2. The summed E-state index contributed by atoms with van der Waals surface area (Å²) in [4.78, 5) is 3.33. The highest BCUT2D eigenvalue weighted by Crippen LogP contribution is 2.30. The largest absolute Gasteiger partial charge is 0.484 e. The Kier molecular flexibility index (Phi) is 4.76. The van der Waals surface area contributed by atoms with Gasteiger partial charge in [0.05, 0.1) is 5.03 Å². The van der Waals surface area contributed by atoms with Gasteiger partial charge in [0, 0.05) is 16.7 Å². The number of benzene rings is 2. The molecule has 0 aliphatic heterocycles. The molecule has 0 radical (unpaired) electrons. The molecule has 0 amide bonds. The Hall–Kier alpha value is -2.08. The van der Waals surface area contributed by atoms with Crippen LogP contribution in [0.15, 0.2) is 53.6 Å². The topological polar surface area (TPSA) is 25.0 Å². The quantitative estimate of drug-likeness (QED) is 0.596. The molecule has 1 heterocycles. The molecule has 0 spiro atoms. The molecule has 24 heavy (non-hydrogen) atoms. The maximum absolute atomic E-state index is 12.3. The summed E-state index contributed by atoms with van der Waals surface area (Å²) in [6.07, 6.45) is -4.33. The summed E-state index contributed by atoms with van der Waals surface area (Å²) in [5.74, 6) is 0.934. The summed E-state index contributed by atoms with van der Waals surface area (Å²) in [5, 5.41) is 2.16. The second kappa shape index (κ2) is 6.81. The first kappa shape index (κ1) is 16.8. The summed E-state index contributed by atoms with van der Waals surface area (Å²) < 4.78 is 41.8. The highest BCUT2D eigenvalue weighted by atomic mass is 32.2. The van der Waals surface area contributed by atoms with Crippen LogP contribution < -0.4 is 4.74 Å². The molecule has 0 saturated carbocycles. The van der Waals surface area contributed by atoms with Crippen LogP contribution in [0.25, 0.3) is 10.9 Å². The predicted molar refractivity (Wildman–Crippen MR) is 90.6 cm³/mol. The van der Waals surface area contributed by atoms with Crippen LogP contribution in [0.2, 0.25) is 0 Å². The Morgan fingerprint density at radius 3 is 2.62 bits per heavy atom. The average Bonchev–Trinajstić information content (AvgIpc) is 2.95. The van der Waals surface area contributed by atoms with Gasteiger partial charge in [-0.2, -0.15) is 13.2 Å². The van der Waals surface area contributed by atoms with Crippen molar-refractivity contribution in [1.82, 2.24) is 4.98 Å². The zero-order valence-corrected chi connectivity index (χ0v) is 13.8. The molecule has 3 rings (SSSR count). The highest BCUT2D eigenvalue weighted by molar-refractivity contribution is 7.98. The molecule has 2 nitrogen and oxygen atoms in total. The van der Waals surface area contributed by atoms with Gasteiger partial charge < -0.3 is 9.72 Å². The van der Waals surface area contributed by atoms with Crippen LogP contribution in [-0.4, -0.2) is 17.8 Å². The Balaban J connectivity index is 1.70. The molecule has 0 aliphatic carbocycles. The molecule has 126 valence electrons. The molecule has 0 bridgehead atoms. The van der Waals surface area contributed by atoms with Gasteiger partial charge in [-0.15, -0.1) is 11.8 Å². The van der Waals surface area contributed by atoms with E-state index in [-0.39, 0.29) is 5.75 Å². The van der Waals surface area contributed by atoms with Crippen molar-refractivity contribution in [2.75, 3.05) is 6.61 Å². The first-order valence-electron chi connectivity index (χ1n) is 7.41. The molecule has 2 aromatic carbocycles. The number of alkyl halides is 3. The van der Waals surface area contributed by atoms with Gasteiger partial charge in [0.15, 0.2) is 6.61 Å². The first-order valence-corrected chi connectivity index (χ1v) is 8.39. The van der Waals surface area contributed by atoms with E-state index in [0.717, 1.165) is 27.1 Å². The monoisotopic (exact) mass is 351 g/mol. The maximum Gasteiger partial charge on any atom is 0.422 e. The van der Waals surface area contributed by atoms with Crippen molar-refractivity contribution in [3.8, 4) is 5.75 Å². The Morgan fingerprint density at radius 1 is 1.08 bits per heavy atom. The zero-order valence-electron chi connectivity index (χ0n) is 13.0. The third kappa shape index (κ3) is 4.06. The van der Waals surface area contributed by atoms with Crippen LogP contribution in [-0.2, 0) is 5.75 Å². The summed E-state index contributed by atoms with van der Waals surface area (Å²) in [6.45, 7) is 0.513. The lowest BCUT2D eigenvalue weighted by Gasteiger charge is -2.13. The zero-order chi connectivity index (χ0) is 17.2. The van der Waals surface area contributed by atoms with E-state index in [2.05, 4.69) is 11.1 Å². The third-order valence-corrected chi connectivity index (χ3v) is 4.66. The molecule has 1 aromatic heterocycles. The van der Waals surface area contributed by atoms with Crippen LogP contribution in [0.5, 0.6) is 5.75 Å².